The minimum atomic E-state index is -0.853. The number of rotatable bonds is 7. The molecule has 204 valence electrons. The zero-order valence-electron chi connectivity index (χ0n) is 22.4. The van der Waals surface area contributed by atoms with Gasteiger partial charge in [0, 0.05) is 25.1 Å². The Bertz CT molecular complexity index is 1340. The van der Waals surface area contributed by atoms with E-state index >= 15 is 0 Å². The summed E-state index contributed by atoms with van der Waals surface area (Å²) in [5.74, 6) is 2.73. The highest BCUT2D eigenvalue weighted by atomic mass is 16.7. The van der Waals surface area contributed by atoms with E-state index in [1.807, 2.05) is 36.4 Å². The minimum Gasteiger partial charge on any atom is -0.485 e. The fraction of sp³-hybridized carbons (Fsp3) is 0.562. The van der Waals surface area contributed by atoms with Crippen LogP contribution in [0.5, 0.6) is 11.5 Å². The van der Waals surface area contributed by atoms with Crippen molar-refractivity contribution in [3.8, 4) is 11.5 Å². The average molecular weight is 530 g/mol. The Labute approximate surface area is 228 Å². The van der Waals surface area contributed by atoms with E-state index in [1.54, 1.807) is 6.92 Å². The zero-order valence-corrected chi connectivity index (χ0v) is 22.4. The maximum Gasteiger partial charge on any atom is 0.508 e. The first-order valence-corrected chi connectivity index (χ1v) is 14.7. The molecule has 0 radical (unpaired) electrons. The van der Waals surface area contributed by atoms with Gasteiger partial charge in [0.25, 0.3) is 0 Å². The Morgan fingerprint density at radius 3 is 2.77 bits per heavy atom. The molecule has 2 aromatic rings. The zero-order chi connectivity index (χ0) is 26.4. The van der Waals surface area contributed by atoms with Crippen molar-refractivity contribution in [1.29, 1.82) is 0 Å². The first-order chi connectivity index (χ1) is 19.0. The molecule has 5 fully saturated rings. The summed E-state index contributed by atoms with van der Waals surface area (Å²) in [6.07, 6.45) is 4.10. The molecule has 2 aromatic carbocycles. The van der Waals surface area contributed by atoms with Crippen LogP contribution >= 0.6 is 0 Å². The smallest absolute Gasteiger partial charge is 0.485 e. The molecule has 7 aliphatic rings. The second-order valence-electron chi connectivity index (χ2n) is 12.4. The second kappa shape index (κ2) is 8.47. The van der Waals surface area contributed by atoms with Crippen molar-refractivity contribution in [3.63, 3.8) is 0 Å². The Hall–Kier alpha value is -3.06. The van der Waals surface area contributed by atoms with Crippen molar-refractivity contribution in [1.82, 2.24) is 4.90 Å². The van der Waals surface area contributed by atoms with Crippen LogP contribution < -0.4 is 9.47 Å². The van der Waals surface area contributed by atoms with Gasteiger partial charge in [0.15, 0.2) is 23.4 Å². The molecule has 7 nitrogen and oxygen atoms in total. The SMILES string of the molecule is CCOC(=O)O[C@@]12CC3C4CCC(=O)[C@@H]5Oc6c(OCc7ccccc7)ccc(c6C351)C[C@H]2N(CC1CC1)C4. The van der Waals surface area contributed by atoms with E-state index in [0.717, 1.165) is 43.5 Å². The van der Waals surface area contributed by atoms with Gasteiger partial charge in [-0.1, -0.05) is 36.4 Å². The van der Waals surface area contributed by atoms with Crippen molar-refractivity contribution in [3.05, 3.63) is 59.2 Å². The molecule has 5 bridgehead atoms. The van der Waals surface area contributed by atoms with Gasteiger partial charge in [-0.05, 0) is 74.0 Å². The first kappa shape index (κ1) is 23.8. The van der Waals surface area contributed by atoms with E-state index in [9.17, 15) is 9.59 Å². The van der Waals surface area contributed by atoms with E-state index in [2.05, 4.69) is 11.0 Å². The molecule has 3 saturated carbocycles. The highest BCUT2D eigenvalue weighted by Gasteiger charge is 2.84. The van der Waals surface area contributed by atoms with Gasteiger partial charge in [0.2, 0.25) is 0 Å². The third kappa shape index (κ3) is 3.19. The predicted octanol–water partition coefficient (Wildman–Crippen LogP) is 4.83. The molecule has 0 amide bonds. The molecule has 0 aromatic heterocycles. The summed E-state index contributed by atoms with van der Waals surface area (Å²) >= 11 is 0. The van der Waals surface area contributed by atoms with Gasteiger partial charge in [-0.3, -0.25) is 9.69 Å². The highest BCUT2D eigenvalue weighted by molar-refractivity contribution is 5.90. The van der Waals surface area contributed by atoms with Crippen molar-refractivity contribution in [2.24, 2.45) is 17.8 Å². The Kier molecular flexibility index (Phi) is 5.17. The molecule has 1 spiro atoms. The molecule has 9 rings (SSSR count). The summed E-state index contributed by atoms with van der Waals surface area (Å²) < 4.78 is 25.0. The Balaban J connectivity index is 1.29. The van der Waals surface area contributed by atoms with Crippen LogP contribution in [0.25, 0.3) is 0 Å². The molecular formula is C32H35NO6. The van der Waals surface area contributed by atoms with E-state index in [4.69, 9.17) is 18.9 Å². The maximum absolute atomic E-state index is 13.9. The van der Waals surface area contributed by atoms with Crippen LogP contribution in [-0.4, -0.2) is 54.3 Å². The number of hydrogen-bond acceptors (Lipinski definition) is 7. The van der Waals surface area contributed by atoms with Crippen molar-refractivity contribution < 1.29 is 28.5 Å². The number of hydrogen-bond donors (Lipinski definition) is 0. The summed E-state index contributed by atoms with van der Waals surface area (Å²) in [5, 5.41) is 0. The Morgan fingerprint density at radius 2 is 1.97 bits per heavy atom. The number of benzene rings is 2. The van der Waals surface area contributed by atoms with E-state index in [-0.39, 0.29) is 24.3 Å². The number of carbonyl (C=O) groups excluding carboxylic acids is 2. The summed E-state index contributed by atoms with van der Waals surface area (Å²) in [6, 6.07) is 14.2. The lowest BCUT2D eigenvalue weighted by Gasteiger charge is -2.66. The maximum atomic E-state index is 13.9. The molecule has 6 atom stereocenters. The van der Waals surface area contributed by atoms with E-state index in [1.165, 1.54) is 18.4 Å². The van der Waals surface area contributed by atoms with Crippen molar-refractivity contribution in [2.45, 2.75) is 75.2 Å². The van der Waals surface area contributed by atoms with Crippen LogP contribution in [0, 0.1) is 17.8 Å². The normalized spacial score (nSPS) is 35.3. The number of nitrogens with zero attached hydrogens (tertiary/aromatic N) is 1. The van der Waals surface area contributed by atoms with Gasteiger partial charge in [-0.25, -0.2) is 4.79 Å². The average Bonchev–Trinajstić information content (AvgIpc) is 3.69. The number of ketones is 1. The number of carbonyl (C=O) groups is 2. The predicted molar refractivity (Wildman–Crippen MR) is 142 cm³/mol. The number of ether oxygens (including phenoxy) is 4. The summed E-state index contributed by atoms with van der Waals surface area (Å²) in [6.45, 7) is 4.44. The van der Waals surface area contributed by atoms with Crippen LogP contribution in [0.2, 0.25) is 0 Å². The van der Waals surface area contributed by atoms with Crippen LogP contribution in [0.3, 0.4) is 0 Å². The summed E-state index contributed by atoms with van der Waals surface area (Å²) in [7, 11) is 0. The third-order valence-electron chi connectivity index (χ3n) is 10.5. The first-order valence-electron chi connectivity index (χ1n) is 14.7. The highest BCUT2D eigenvalue weighted by Crippen LogP contribution is 2.75. The molecule has 0 N–H and O–H groups in total. The monoisotopic (exact) mass is 529 g/mol. The molecular weight excluding hydrogens is 494 g/mol. The topological polar surface area (TPSA) is 74.3 Å². The standard InChI is InChI=1S/C32H35NO6/c1-2-36-30(35)39-31-15-23-22-10-12-24(34)29-32(23,31)27-21(14-26(31)33(17-22)16-19-8-9-19)11-13-25(28(27)38-29)37-18-20-6-4-3-5-7-20/h3-7,11,13,19,22-23,26,29H,2,8-10,12,14-18H2,1H3/t22?,23?,26-,29+,31-,32?/m1/s1. The van der Waals surface area contributed by atoms with Crippen molar-refractivity contribution in [2.75, 3.05) is 19.7 Å². The lowest BCUT2D eigenvalue weighted by Crippen LogP contribution is -2.80. The van der Waals surface area contributed by atoms with Crippen molar-refractivity contribution >= 4 is 11.9 Å². The lowest BCUT2D eigenvalue weighted by molar-refractivity contribution is -0.224. The van der Waals surface area contributed by atoms with Gasteiger partial charge >= 0.3 is 6.16 Å². The molecule has 3 heterocycles. The van der Waals surface area contributed by atoms with Crippen LogP contribution in [0.1, 0.15) is 55.7 Å². The van der Waals surface area contributed by atoms with E-state index in [0.29, 0.717) is 36.4 Å². The molecule has 2 saturated heterocycles. The van der Waals surface area contributed by atoms with Gasteiger partial charge in [0.1, 0.15) is 12.2 Å². The molecule has 39 heavy (non-hydrogen) atoms. The Morgan fingerprint density at radius 1 is 1.13 bits per heavy atom. The fourth-order valence-corrected chi connectivity index (χ4v) is 8.89. The lowest BCUT2D eigenvalue weighted by atomic mass is 9.39. The number of Topliss-reactive ketones (excluding diaryl/α,β-unsaturated/α-hetero) is 1. The third-order valence-corrected chi connectivity index (χ3v) is 10.5. The molecule has 4 aliphatic carbocycles. The van der Waals surface area contributed by atoms with Gasteiger partial charge in [-0.15, -0.1) is 0 Å². The fourth-order valence-electron chi connectivity index (χ4n) is 8.89. The van der Waals surface area contributed by atoms with Gasteiger partial charge < -0.3 is 18.9 Å². The molecule has 3 unspecified atom stereocenters. The van der Waals surface area contributed by atoms with Gasteiger partial charge in [0.05, 0.1) is 18.1 Å². The summed E-state index contributed by atoms with van der Waals surface area (Å²) in [5.41, 5.74) is 1.78. The van der Waals surface area contributed by atoms with E-state index < -0.39 is 23.3 Å². The molecule has 3 aliphatic heterocycles. The summed E-state index contributed by atoms with van der Waals surface area (Å²) in [4.78, 5) is 29.6. The quantitative estimate of drug-likeness (QED) is 0.476. The second-order valence-corrected chi connectivity index (χ2v) is 12.4. The van der Waals surface area contributed by atoms with Crippen LogP contribution in [0.4, 0.5) is 4.79 Å². The van der Waals surface area contributed by atoms with Gasteiger partial charge in [-0.2, -0.15) is 0 Å². The largest absolute Gasteiger partial charge is 0.508 e. The van der Waals surface area contributed by atoms with Crippen LogP contribution in [-0.2, 0) is 32.7 Å². The molecule has 7 heteroatoms. The minimum absolute atomic E-state index is 0.00436. The van der Waals surface area contributed by atoms with Crippen LogP contribution in [0.15, 0.2) is 42.5 Å². The number of fused-ring (bicyclic) bond motifs is 1.